The zero-order chi connectivity index (χ0) is 11.8. The van der Waals surface area contributed by atoms with E-state index in [4.69, 9.17) is 21.8 Å². The number of fused-ring (bicyclic) bond motifs is 1. The van der Waals surface area contributed by atoms with E-state index >= 15 is 0 Å². The number of nitrogen functional groups attached to an aromatic ring is 1. The lowest BCUT2D eigenvalue weighted by molar-refractivity contribution is 0.631. The van der Waals surface area contributed by atoms with Crippen molar-refractivity contribution < 1.29 is 4.42 Å². The number of anilines is 1. The number of nitrogens with zero attached hydrogens (tertiary/aromatic N) is 1. The smallest absolute Gasteiger partial charge is 0.137 e. The normalized spacial score (nSPS) is 10.9. The number of aromatic nitrogens is 1. The molecule has 17 heavy (non-hydrogen) atoms. The molecular formula is C13H9ClN2O. The van der Waals surface area contributed by atoms with Crippen LogP contribution in [0, 0.1) is 0 Å². The van der Waals surface area contributed by atoms with E-state index in [1.165, 1.54) is 0 Å². The Morgan fingerprint density at radius 1 is 1.12 bits per heavy atom. The number of pyridine rings is 1. The maximum absolute atomic E-state index is 5.93. The van der Waals surface area contributed by atoms with Gasteiger partial charge < -0.3 is 10.2 Å². The van der Waals surface area contributed by atoms with Gasteiger partial charge in [0.1, 0.15) is 11.3 Å². The standard InChI is InChI=1S/C13H9ClN2O/c14-10-1-2-12-8(3-10)5-13(17-12)9-4-11(15)7-16-6-9/h1-7H,15H2. The minimum Gasteiger partial charge on any atom is -0.456 e. The van der Waals surface area contributed by atoms with Crippen molar-refractivity contribution in [2.24, 2.45) is 0 Å². The molecule has 0 bridgehead atoms. The van der Waals surface area contributed by atoms with Crippen LogP contribution in [0.25, 0.3) is 22.3 Å². The molecule has 2 heterocycles. The van der Waals surface area contributed by atoms with Crippen LogP contribution in [0.1, 0.15) is 0 Å². The van der Waals surface area contributed by atoms with Gasteiger partial charge in [0.25, 0.3) is 0 Å². The third kappa shape index (κ3) is 1.85. The number of hydrogen-bond donors (Lipinski definition) is 1. The molecule has 3 aromatic rings. The molecule has 1 aromatic carbocycles. The number of furan rings is 1. The van der Waals surface area contributed by atoms with Gasteiger partial charge in [-0.25, -0.2) is 0 Å². The zero-order valence-corrected chi connectivity index (χ0v) is 9.61. The van der Waals surface area contributed by atoms with Gasteiger partial charge in [0.2, 0.25) is 0 Å². The molecule has 0 saturated heterocycles. The number of benzene rings is 1. The molecule has 0 aliphatic carbocycles. The van der Waals surface area contributed by atoms with Gasteiger partial charge in [-0.2, -0.15) is 0 Å². The van der Waals surface area contributed by atoms with E-state index < -0.39 is 0 Å². The molecule has 3 rings (SSSR count). The summed E-state index contributed by atoms with van der Waals surface area (Å²) >= 11 is 5.93. The summed E-state index contributed by atoms with van der Waals surface area (Å²) in [4.78, 5) is 4.04. The van der Waals surface area contributed by atoms with E-state index in [9.17, 15) is 0 Å². The Morgan fingerprint density at radius 3 is 2.82 bits per heavy atom. The summed E-state index contributed by atoms with van der Waals surface area (Å²) in [6.07, 6.45) is 3.32. The van der Waals surface area contributed by atoms with E-state index in [0.717, 1.165) is 22.3 Å². The molecule has 84 valence electrons. The minimum atomic E-state index is 0.612. The number of halogens is 1. The van der Waals surface area contributed by atoms with E-state index in [1.54, 1.807) is 18.5 Å². The Labute approximate surface area is 103 Å². The summed E-state index contributed by atoms with van der Waals surface area (Å²) in [7, 11) is 0. The van der Waals surface area contributed by atoms with Crippen molar-refractivity contribution in [3.63, 3.8) is 0 Å². The molecule has 0 fully saturated rings. The van der Waals surface area contributed by atoms with Crippen molar-refractivity contribution >= 4 is 28.3 Å². The minimum absolute atomic E-state index is 0.612. The highest BCUT2D eigenvalue weighted by Crippen LogP contribution is 2.29. The van der Waals surface area contributed by atoms with E-state index in [1.807, 2.05) is 24.3 Å². The van der Waals surface area contributed by atoms with Crippen molar-refractivity contribution in [2.45, 2.75) is 0 Å². The molecule has 0 aliphatic heterocycles. The summed E-state index contributed by atoms with van der Waals surface area (Å²) < 4.78 is 5.71. The molecule has 4 heteroatoms. The van der Waals surface area contributed by atoms with Crippen molar-refractivity contribution in [2.75, 3.05) is 5.73 Å². The molecule has 0 aliphatic rings. The van der Waals surface area contributed by atoms with Crippen LogP contribution in [0.5, 0.6) is 0 Å². The van der Waals surface area contributed by atoms with Crippen molar-refractivity contribution in [1.29, 1.82) is 0 Å². The van der Waals surface area contributed by atoms with E-state index in [-0.39, 0.29) is 0 Å². The molecule has 0 radical (unpaired) electrons. The van der Waals surface area contributed by atoms with Gasteiger partial charge in [0.05, 0.1) is 5.69 Å². The quantitative estimate of drug-likeness (QED) is 0.710. The van der Waals surface area contributed by atoms with Crippen LogP contribution in [0.15, 0.2) is 47.1 Å². The van der Waals surface area contributed by atoms with Crippen LogP contribution in [0.3, 0.4) is 0 Å². The van der Waals surface area contributed by atoms with E-state index in [2.05, 4.69) is 4.98 Å². The van der Waals surface area contributed by atoms with E-state index in [0.29, 0.717) is 10.7 Å². The highest BCUT2D eigenvalue weighted by Gasteiger charge is 2.07. The summed E-state index contributed by atoms with van der Waals surface area (Å²) in [5, 5.41) is 1.66. The maximum Gasteiger partial charge on any atom is 0.137 e. The monoisotopic (exact) mass is 244 g/mol. The molecule has 2 N–H and O–H groups in total. The van der Waals surface area contributed by atoms with Gasteiger partial charge in [-0.3, -0.25) is 4.98 Å². The van der Waals surface area contributed by atoms with Gasteiger partial charge in [-0.15, -0.1) is 0 Å². The first-order chi connectivity index (χ1) is 8.22. The fourth-order valence-electron chi connectivity index (χ4n) is 1.75. The Morgan fingerprint density at radius 2 is 2.00 bits per heavy atom. The number of rotatable bonds is 1. The number of hydrogen-bond acceptors (Lipinski definition) is 3. The highest BCUT2D eigenvalue weighted by molar-refractivity contribution is 6.31. The van der Waals surface area contributed by atoms with Gasteiger partial charge in [0, 0.05) is 28.4 Å². The third-order valence-electron chi connectivity index (χ3n) is 2.52. The zero-order valence-electron chi connectivity index (χ0n) is 8.85. The number of nitrogens with two attached hydrogens (primary N) is 1. The molecular weight excluding hydrogens is 236 g/mol. The first kappa shape index (κ1) is 10.2. The fourth-order valence-corrected chi connectivity index (χ4v) is 1.93. The van der Waals surface area contributed by atoms with Gasteiger partial charge in [-0.05, 0) is 30.3 Å². The maximum atomic E-state index is 5.93. The lowest BCUT2D eigenvalue weighted by Crippen LogP contribution is -1.86. The lowest BCUT2D eigenvalue weighted by atomic mass is 10.2. The highest BCUT2D eigenvalue weighted by atomic mass is 35.5. The largest absolute Gasteiger partial charge is 0.456 e. The van der Waals surface area contributed by atoms with Crippen molar-refractivity contribution in [3.8, 4) is 11.3 Å². The summed E-state index contributed by atoms with van der Waals surface area (Å²) in [5.74, 6) is 0.738. The topological polar surface area (TPSA) is 52.0 Å². The van der Waals surface area contributed by atoms with Crippen LogP contribution in [0.2, 0.25) is 5.02 Å². The second-order valence-corrected chi connectivity index (χ2v) is 4.24. The Kier molecular flexibility index (Phi) is 2.27. The Balaban J connectivity index is 2.18. The molecule has 0 unspecified atom stereocenters. The average Bonchev–Trinajstić information content (AvgIpc) is 2.72. The third-order valence-corrected chi connectivity index (χ3v) is 2.76. The molecule has 0 amide bonds. The van der Waals surface area contributed by atoms with Crippen molar-refractivity contribution in [1.82, 2.24) is 4.98 Å². The predicted octanol–water partition coefficient (Wildman–Crippen LogP) is 3.73. The molecule has 0 saturated carbocycles. The summed E-state index contributed by atoms with van der Waals surface area (Å²) in [6, 6.07) is 9.27. The van der Waals surface area contributed by atoms with Gasteiger partial charge in [-0.1, -0.05) is 11.6 Å². The molecule has 3 nitrogen and oxygen atoms in total. The lowest BCUT2D eigenvalue weighted by Gasteiger charge is -1.96. The Hall–Kier alpha value is -2.00. The first-order valence-corrected chi connectivity index (χ1v) is 5.50. The SMILES string of the molecule is Nc1cncc(-c2cc3cc(Cl)ccc3o2)c1. The average molecular weight is 245 g/mol. The fraction of sp³-hybridized carbons (Fsp3) is 0. The Bertz CT molecular complexity index is 691. The molecule has 0 atom stereocenters. The summed E-state index contributed by atoms with van der Waals surface area (Å²) in [6.45, 7) is 0. The van der Waals surface area contributed by atoms with Crippen LogP contribution in [-0.2, 0) is 0 Å². The second kappa shape index (κ2) is 3.79. The van der Waals surface area contributed by atoms with Gasteiger partial charge in [0.15, 0.2) is 0 Å². The van der Waals surface area contributed by atoms with Crippen LogP contribution < -0.4 is 5.73 Å². The molecule has 0 spiro atoms. The van der Waals surface area contributed by atoms with Crippen LogP contribution in [0.4, 0.5) is 5.69 Å². The van der Waals surface area contributed by atoms with Crippen LogP contribution >= 0.6 is 11.6 Å². The summed E-state index contributed by atoms with van der Waals surface area (Å²) in [5.41, 5.74) is 7.96. The first-order valence-electron chi connectivity index (χ1n) is 5.12. The van der Waals surface area contributed by atoms with Gasteiger partial charge >= 0.3 is 0 Å². The molecule has 2 aromatic heterocycles. The van der Waals surface area contributed by atoms with Crippen molar-refractivity contribution in [3.05, 3.63) is 47.7 Å². The predicted molar refractivity (Wildman–Crippen MR) is 68.9 cm³/mol. The second-order valence-electron chi connectivity index (χ2n) is 3.80. The van der Waals surface area contributed by atoms with Crippen LogP contribution in [-0.4, -0.2) is 4.98 Å².